The van der Waals surface area contributed by atoms with Crippen molar-refractivity contribution in [3.05, 3.63) is 130 Å². The molecular formula is C36H32Cl2F2N4O8. The van der Waals surface area contributed by atoms with Crippen molar-refractivity contribution in [3.8, 4) is 11.5 Å². The lowest BCUT2D eigenvalue weighted by Crippen LogP contribution is -2.47. The minimum atomic E-state index is -0.825. The second kappa shape index (κ2) is 17.7. The Labute approximate surface area is 307 Å². The first-order valence-corrected chi connectivity index (χ1v) is 16.9. The molecule has 0 bridgehead atoms. The highest BCUT2D eigenvalue weighted by molar-refractivity contribution is 6.32. The van der Waals surface area contributed by atoms with Gasteiger partial charge in [-0.3, -0.25) is 9.97 Å². The smallest absolute Gasteiger partial charge is 0.349 e. The molecule has 272 valence electrons. The SMILES string of the molecule is O=C(/C=C/C(=O)ON1CCO[C@H](C(Oc2ccc(F)cc2Cl)c2ccccn2)C1)ON1CCO[C@H](C(Oc2ccc(F)cc2Cl)c2ccccn2)C1. The van der Waals surface area contributed by atoms with Crippen LogP contribution in [0.4, 0.5) is 8.78 Å². The zero-order valence-electron chi connectivity index (χ0n) is 27.4. The topological polar surface area (TPSA) is 122 Å². The maximum absolute atomic E-state index is 13.7. The fraction of sp³-hybridized carbons (Fsp3) is 0.278. The number of carbonyl (C=O) groups excluding carboxylic acids is 2. The predicted octanol–water partition coefficient (Wildman–Crippen LogP) is 5.88. The summed E-state index contributed by atoms with van der Waals surface area (Å²) in [6.07, 6.45) is 2.18. The Hall–Kier alpha value is -4.70. The van der Waals surface area contributed by atoms with Gasteiger partial charge in [-0.25, -0.2) is 18.4 Å². The van der Waals surface area contributed by atoms with Gasteiger partial charge in [-0.05, 0) is 60.7 Å². The van der Waals surface area contributed by atoms with Crippen molar-refractivity contribution in [2.75, 3.05) is 39.4 Å². The van der Waals surface area contributed by atoms with Crippen molar-refractivity contribution >= 4 is 35.1 Å². The van der Waals surface area contributed by atoms with E-state index in [-0.39, 0.29) is 60.9 Å². The van der Waals surface area contributed by atoms with Gasteiger partial charge in [0.25, 0.3) is 0 Å². The summed E-state index contributed by atoms with van der Waals surface area (Å²) in [6, 6.07) is 18.1. The number of hydrogen-bond acceptors (Lipinski definition) is 12. The summed E-state index contributed by atoms with van der Waals surface area (Å²) < 4.78 is 51.5. The third kappa shape index (κ3) is 10.00. The molecule has 2 aromatic heterocycles. The van der Waals surface area contributed by atoms with Crippen LogP contribution in [0.3, 0.4) is 0 Å². The van der Waals surface area contributed by atoms with Crippen molar-refractivity contribution < 1.29 is 47.0 Å². The monoisotopic (exact) mass is 756 g/mol. The molecule has 2 fully saturated rings. The van der Waals surface area contributed by atoms with Crippen LogP contribution in [-0.4, -0.2) is 83.6 Å². The van der Waals surface area contributed by atoms with Crippen LogP contribution in [0.2, 0.25) is 10.0 Å². The first kappa shape index (κ1) is 37.1. The molecule has 0 amide bonds. The number of rotatable bonds is 12. The first-order valence-electron chi connectivity index (χ1n) is 16.1. The standard InChI is InChI=1S/C36H32Cl2F2N4O8/c37-25-19-23(39)7-9-29(25)49-35(27-5-1-3-13-41-27)31-21-43(15-17-47-31)51-33(45)11-12-34(46)52-44-16-18-48-32(22-44)36(28-6-2-4-14-42-28)50-30-10-8-24(40)20-26(30)38/h1-14,19-20,31-32,35-36H,15-18,21-22H2/b12-11+/t31-,32-,35?,36?/m0/s1. The summed E-state index contributed by atoms with van der Waals surface area (Å²) >= 11 is 12.4. The minimum absolute atomic E-state index is 0.0703. The number of halogens is 4. The maximum Gasteiger partial charge on any atom is 0.349 e. The molecule has 4 aromatic rings. The molecule has 0 N–H and O–H groups in total. The van der Waals surface area contributed by atoms with Crippen LogP contribution >= 0.6 is 23.2 Å². The van der Waals surface area contributed by atoms with Gasteiger partial charge in [0.05, 0.1) is 60.8 Å². The van der Waals surface area contributed by atoms with Crippen molar-refractivity contribution in [2.24, 2.45) is 0 Å². The molecule has 4 atom stereocenters. The van der Waals surface area contributed by atoms with E-state index in [9.17, 15) is 18.4 Å². The van der Waals surface area contributed by atoms with Gasteiger partial charge in [0, 0.05) is 24.5 Å². The largest absolute Gasteiger partial charge is 0.480 e. The highest BCUT2D eigenvalue weighted by atomic mass is 35.5. The van der Waals surface area contributed by atoms with Gasteiger partial charge in [-0.2, -0.15) is 0 Å². The molecule has 52 heavy (non-hydrogen) atoms. The highest BCUT2D eigenvalue weighted by Gasteiger charge is 2.35. The predicted molar refractivity (Wildman–Crippen MR) is 182 cm³/mol. The van der Waals surface area contributed by atoms with E-state index in [1.165, 1.54) is 34.4 Å². The summed E-state index contributed by atoms with van der Waals surface area (Å²) in [4.78, 5) is 45.3. The van der Waals surface area contributed by atoms with Crippen molar-refractivity contribution in [1.29, 1.82) is 0 Å². The molecule has 0 aliphatic carbocycles. The summed E-state index contributed by atoms with van der Waals surface area (Å²) in [6.45, 7) is 1.02. The quantitative estimate of drug-likeness (QED) is 0.161. The van der Waals surface area contributed by atoms with Crippen LogP contribution in [0, 0.1) is 11.6 Å². The van der Waals surface area contributed by atoms with E-state index in [1.807, 2.05) is 0 Å². The molecule has 16 heteroatoms. The van der Waals surface area contributed by atoms with Crippen LogP contribution in [-0.2, 0) is 28.7 Å². The van der Waals surface area contributed by atoms with E-state index < -0.39 is 48.0 Å². The van der Waals surface area contributed by atoms with E-state index >= 15 is 0 Å². The number of hydroxylamine groups is 4. The Morgan fingerprint density at radius 3 is 1.54 bits per heavy atom. The Morgan fingerprint density at radius 1 is 0.712 bits per heavy atom. The average molecular weight is 758 g/mol. The zero-order chi connectivity index (χ0) is 36.5. The molecule has 0 spiro atoms. The summed E-state index contributed by atoms with van der Waals surface area (Å²) in [7, 11) is 0. The number of carbonyl (C=O) groups is 2. The van der Waals surface area contributed by atoms with Crippen LogP contribution < -0.4 is 9.47 Å². The van der Waals surface area contributed by atoms with Gasteiger partial charge < -0.3 is 28.6 Å². The van der Waals surface area contributed by atoms with Crippen LogP contribution in [0.1, 0.15) is 23.6 Å². The van der Waals surface area contributed by atoms with Gasteiger partial charge in [0.2, 0.25) is 0 Å². The number of morpholine rings is 2. The molecular weight excluding hydrogens is 725 g/mol. The summed E-state index contributed by atoms with van der Waals surface area (Å²) in [5.74, 6) is -2.23. The Balaban J connectivity index is 1.05. The van der Waals surface area contributed by atoms with Gasteiger partial charge in [0.15, 0.2) is 12.2 Å². The van der Waals surface area contributed by atoms with E-state index in [2.05, 4.69) is 9.97 Å². The number of benzene rings is 2. The molecule has 4 heterocycles. The molecule has 2 aliphatic heterocycles. The minimum Gasteiger partial charge on any atom is -0.480 e. The van der Waals surface area contributed by atoms with Crippen molar-refractivity contribution in [1.82, 2.24) is 20.1 Å². The molecule has 12 nitrogen and oxygen atoms in total. The van der Waals surface area contributed by atoms with Gasteiger partial charge >= 0.3 is 11.9 Å². The second-order valence-corrected chi connectivity index (χ2v) is 12.3. The Kier molecular flexibility index (Phi) is 12.6. The van der Waals surface area contributed by atoms with Crippen molar-refractivity contribution in [3.63, 3.8) is 0 Å². The fourth-order valence-electron chi connectivity index (χ4n) is 5.44. The summed E-state index contributed by atoms with van der Waals surface area (Å²) in [5, 5.41) is 2.91. The number of ether oxygens (including phenoxy) is 4. The number of nitrogens with zero attached hydrogens (tertiary/aromatic N) is 4. The van der Waals surface area contributed by atoms with E-state index in [4.69, 9.17) is 51.8 Å². The third-order valence-electron chi connectivity index (χ3n) is 7.84. The van der Waals surface area contributed by atoms with E-state index in [0.717, 1.165) is 24.3 Å². The molecule has 2 unspecified atom stereocenters. The molecule has 2 aromatic carbocycles. The summed E-state index contributed by atoms with van der Waals surface area (Å²) in [5.41, 5.74) is 1.04. The van der Waals surface area contributed by atoms with Crippen molar-refractivity contribution in [2.45, 2.75) is 24.4 Å². The average Bonchev–Trinajstić information content (AvgIpc) is 3.14. The second-order valence-electron chi connectivity index (χ2n) is 11.5. The Morgan fingerprint density at radius 2 is 1.15 bits per heavy atom. The number of aromatic nitrogens is 2. The van der Waals surface area contributed by atoms with Crippen LogP contribution in [0.15, 0.2) is 97.3 Å². The van der Waals surface area contributed by atoms with Gasteiger partial charge in [0.1, 0.15) is 35.3 Å². The van der Waals surface area contributed by atoms with Gasteiger partial charge in [-0.15, -0.1) is 10.1 Å². The van der Waals surface area contributed by atoms with E-state index in [1.54, 1.807) is 48.8 Å². The highest BCUT2D eigenvalue weighted by Crippen LogP contribution is 2.34. The normalized spacial score (nSPS) is 19.5. The van der Waals surface area contributed by atoms with Gasteiger partial charge in [-0.1, -0.05) is 35.3 Å². The Bertz CT molecular complexity index is 1730. The molecule has 0 saturated carbocycles. The van der Waals surface area contributed by atoms with Crippen LogP contribution in [0.5, 0.6) is 11.5 Å². The molecule has 6 rings (SSSR count). The zero-order valence-corrected chi connectivity index (χ0v) is 28.9. The molecule has 0 radical (unpaired) electrons. The third-order valence-corrected chi connectivity index (χ3v) is 8.43. The number of hydrogen-bond donors (Lipinski definition) is 0. The first-order chi connectivity index (χ1) is 25.2. The van der Waals surface area contributed by atoms with Crippen LogP contribution in [0.25, 0.3) is 0 Å². The molecule has 2 saturated heterocycles. The van der Waals surface area contributed by atoms with E-state index in [0.29, 0.717) is 11.4 Å². The fourth-order valence-corrected chi connectivity index (χ4v) is 5.87. The lowest BCUT2D eigenvalue weighted by Gasteiger charge is -2.35. The number of pyridine rings is 2. The maximum atomic E-state index is 13.7. The lowest BCUT2D eigenvalue weighted by atomic mass is 10.1. The molecule has 2 aliphatic rings. The lowest BCUT2D eigenvalue weighted by molar-refractivity contribution is -0.220.